The number of nitrogens with two attached hydrogens (primary N) is 1. The molecule has 2 amide bonds. The van der Waals surface area contributed by atoms with Crippen LogP contribution in [-0.4, -0.2) is 41.8 Å². The van der Waals surface area contributed by atoms with E-state index < -0.39 is 5.41 Å². The van der Waals surface area contributed by atoms with Crippen molar-refractivity contribution in [3.8, 4) is 10.4 Å². The fourth-order valence-corrected chi connectivity index (χ4v) is 5.09. The maximum absolute atomic E-state index is 13.1. The van der Waals surface area contributed by atoms with Crippen LogP contribution in [0.4, 0.5) is 5.82 Å². The van der Waals surface area contributed by atoms with Crippen LogP contribution in [0.25, 0.3) is 10.4 Å². The highest BCUT2D eigenvalue weighted by molar-refractivity contribution is 7.13. The van der Waals surface area contributed by atoms with Gasteiger partial charge in [-0.3, -0.25) is 9.59 Å². The number of hydrogen-bond donors (Lipinski definition) is 2. The fourth-order valence-electron chi connectivity index (χ4n) is 4.36. The third-order valence-corrected chi connectivity index (χ3v) is 6.80. The topological polar surface area (TPSA) is 88.3 Å². The Kier molecular flexibility index (Phi) is 6.04. The zero-order chi connectivity index (χ0) is 21.8. The number of piperidine rings is 1. The molecule has 0 radical (unpaired) electrons. The van der Waals surface area contributed by atoms with Crippen molar-refractivity contribution in [3.05, 3.63) is 71.2 Å². The Morgan fingerprint density at radius 2 is 2.10 bits per heavy atom. The quantitative estimate of drug-likeness (QED) is 0.642. The first-order valence-corrected chi connectivity index (χ1v) is 11.2. The zero-order valence-electron chi connectivity index (χ0n) is 17.5. The van der Waals surface area contributed by atoms with Gasteiger partial charge >= 0.3 is 0 Å². The molecule has 31 heavy (non-hydrogen) atoms. The van der Waals surface area contributed by atoms with Gasteiger partial charge in [-0.2, -0.15) is 0 Å². The van der Waals surface area contributed by atoms with Crippen molar-refractivity contribution < 1.29 is 9.59 Å². The molecule has 160 valence electrons. The van der Waals surface area contributed by atoms with Gasteiger partial charge in [0.15, 0.2) is 0 Å². The van der Waals surface area contributed by atoms with E-state index in [1.807, 2.05) is 12.1 Å². The average molecular weight is 435 g/mol. The lowest BCUT2D eigenvalue weighted by molar-refractivity contribution is -0.133. The Bertz CT molecular complexity index is 1070. The summed E-state index contributed by atoms with van der Waals surface area (Å²) in [7, 11) is 1.66. The minimum Gasteiger partial charge on any atom is -0.384 e. The standard InChI is InChI=1S/C24H26N4O2S/c1-26-23(30)24(14-17-5-2-6-18(13-17)20-7-3-12-31-20)10-4-11-28(16-24)22(29)19-8-9-21(25)27-15-19/h2-3,5-9,12-13,15H,4,10-11,14,16H2,1H3,(H2,25,27)(H,26,30)/t24-/m1/s1. The van der Waals surface area contributed by atoms with Crippen molar-refractivity contribution in [2.24, 2.45) is 5.41 Å². The number of nitrogens with zero attached hydrogens (tertiary/aromatic N) is 2. The molecule has 1 fully saturated rings. The van der Waals surface area contributed by atoms with Gasteiger partial charge in [-0.25, -0.2) is 4.98 Å². The number of amides is 2. The lowest BCUT2D eigenvalue weighted by Gasteiger charge is -2.41. The first kappa shape index (κ1) is 21.1. The van der Waals surface area contributed by atoms with Crippen LogP contribution >= 0.6 is 11.3 Å². The summed E-state index contributed by atoms with van der Waals surface area (Å²) < 4.78 is 0. The lowest BCUT2D eigenvalue weighted by Crippen LogP contribution is -2.54. The molecule has 0 bridgehead atoms. The third-order valence-electron chi connectivity index (χ3n) is 5.88. The summed E-state index contributed by atoms with van der Waals surface area (Å²) in [6.07, 6.45) is 3.58. The number of thiophene rings is 1. The number of carbonyl (C=O) groups excluding carboxylic acids is 2. The van der Waals surface area contributed by atoms with Crippen LogP contribution in [0.15, 0.2) is 60.1 Å². The molecule has 2 aromatic heterocycles. The molecule has 3 N–H and O–H groups in total. The number of rotatable bonds is 5. The van der Waals surface area contributed by atoms with E-state index in [-0.39, 0.29) is 11.8 Å². The maximum Gasteiger partial charge on any atom is 0.255 e. The smallest absolute Gasteiger partial charge is 0.255 e. The molecular formula is C24H26N4O2S. The van der Waals surface area contributed by atoms with Gasteiger partial charge in [0.1, 0.15) is 5.82 Å². The van der Waals surface area contributed by atoms with Crippen molar-refractivity contribution in [3.63, 3.8) is 0 Å². The van der Waals surface area contributed by atoms with E-state index in [1.165, 1.54) is 11.1 Å². The number of anilines is 1. The molecule has 4 rings (SSSR count). The van der Waals surface area contributed by atoms with E-state index in [0.717, 1.165) is 24.0 Å². The molecule has 1 saturated heterocycles. The second-order valence-electron chi connectivity index (χ2n) is 8.02. The van der Waals surface area contributed by atoms with Gasteiger partial charge in [-0.05, 0) is 54.0 Å². The molecule has 3 aromatic rings. The number of aromatic nitrogens is 1. The lowest BCUT2D eigenvalue weighted by atomic mass is 9.74. The van der Waals surface area contributed by atoms with Crippen LogP contribution in [0.3, 0.4) is 0 Å². The van der Waals surface area contributed by atoms with E-state index in [9.17, 15) is 9.59 Å². The Balaban J connectivity index is 1.60. The van der Waals surface area contributed by atoms with Gasteiger partial charge in [0, 0.05) is 31.2 Å². The highest BCUT2D eigenvalue weighted by atomic mass is 32.1. The van der Waals surface area contributed by atoms with Gasteiger partial charge in [0.05, 0.1) is 11.0 Å². The largest absolute Gasteiger partial charge is 0.384 e. The highest BCUT2D eigenvalue weighted by Gasteiger charge is 2.43. The number of benzene rings is 1. The van der Waals surface area contributed by atoms with E-state index in [1.54, 1.807) is 35.4 Å². The van der Waals surface area contributed by atoms with E-state index in [0.29, 0.717) is 30.9 Å². The molecule has 0 saturated carbocycles. The van der Waals surface area contributed by atoms with Crippen molar-refractivity contribution >= 4 is 29.0 Å². The highest BCUT2D eigenvalue weighted by Crippen LogP contribution is 2.36. The first-order valence-electron chi connectivity index (χ1n) is 10.4. The molecule has 1 aliphatic rings. The molecule has 3 heterocycles. The SMILES string of the molecule is CNC(=O)[C@@]1(Cc2cccc(-c3cccs3)c2)CCCN(C(=O)c2ccc(N)nc2)C1. The molecular weight excluding hydrogens is 408 g/mol. The third kappa shape index (κ3) is 4.46. The predicted molar refractivity (Wildman–Crippen MR) is 124 cm³/mol. The van der Waals surface area contributed by atoms with Gasteiger partial charge in [0.2, 0.25) is 5.91 Å². The van der Waals surface area contributed by atoms with Crippen molar-refractivity contribution in [2.75, 3.05) is 25.9 Å². The zero-order valence-corrected chi connectivity index (χ0v) is 18.3. The van der Waals surface area contributed by atoms with Gasteiger partial charge in [-0.1, -0.05) is 30.3 Å². The average Bonchev–Trinajstić information content (AvgIpc) is 3.34. The van der Waals surface area contributed by atoms with Crippen LogP contribution in [-0.2, 0) is 11.2 Å². The molecule has 1 aliphatic heterocycles. The summed E-state index contributed by atoms with van der Waals surface area (Å²) in [6, 6.07) is 15.8. The summed E-state index contributed by atoms with van der Waals surface area (Å²) in [5, 5.41) is 4.90. The number of pyridine rings is 1. The summed E-state index contributed by atoms with van der Waals surface area (Å²) in [5.74, 6) is 0.232. The van der Waals surface area contributed by atoms with E-state index in [2.05, 4.69) is 39.9 Å². The number of carbonyl (C=O) groups is 2. The molecule has 6 nitrogen and oxygen atoms in total. The number of nitrogen functional groups attached to an aromatic ring is 1. The Hall–Kier alpha value is -3.19. The molecule has 7 heteroatoms. The molecule has 0 spiro atoms. The monoisotopic (exact) mass is 434 g/mol. The normalized spacial score (nSPS) is 18.5. The van der Waals surface area contributed by atoms with Crippen molar-refractivity contribution in [1.82, 2.24) is 15.2 Å². The summed E-state index contributed by atoms with van der Waals surface area (Å²) >= 11 is 1.70. The van der Waals surface area contributed by atoms with Crippen molar-refractivity contribution in [1.29, 1.82) is 0 Å². The minimum absolute atomic E-state index is 0.0260. The Morgan fingerprint density at radius 3 is 2.81 bits per heavy atom. The molecule has 1 atom stereocenters. The fraction of sp³-hybridized carbons (Fsp3) is 0.292. The van der Waals surface area contributed by atoms with Gasteiger partial charge in [-0.15, -0.1) is 11.3 Å². The predicted octanol–water partition coefficient (Wildman–Crippen LogP) is 3.60. The molecule has 0 unspecified atom stereocenters. The summed E-state index contributed by atoms with van der Waals surface area (Å²) in [5.41, 5.74) is 7.71. The first-order chi connectivity index (χ1) is 15.0. The maximum atomic E-state index is 13.1. The minimum atomic E-state index is -0.669. The van der Waals surface area contributed by atoms with E-state index >= 15 is 0 Å². The van der Waals surface area contributed by atoms with Crippen LogP contribution in [0, 0.1) is 5.41 Å². The summed E-state index contributed by atoms with van der Waals surface area (Å²) in [6.45, 7) is 0.996. The van der Waals surface area contributed by atoms with Gasteiger partial charge in [0.25, 0.3) is 5.91 Å². The van der Waals surface area contributed by atoms with Crippen molar-refractivity contribution in [2.45, 2.75) is 19.3 Å². The Morgan fingerprint density at radius 1 is 1.23 bits per heavy atom. The Labute approximate surface area is 186 Å². The second-order valence-corrected chi connectivity index (χ2v) is 8.96. The molecule has 1 aromatic carbocycles. The number of hydrogen-bond acceptors (Lipinski definition) is 5. The van der Waals surface area contributed by atoms with Crippen LogP contribution in [0.5, 0.6) is 0 Å². The van der Waals surface area contributed by atoms with Crippen LogP contribution in [0.2, 0.25) is 0 Å². The second kappa shape index (κ2) is 8.89. The van der Waals surface area contributed by atoms with Crippen LogP contribution in [0.1, 0.15) is 28.8 Å². The summed E-state index contributed by atoms with van der Waals surface area (Å²) in [4.78, 5) is 33.2. The van der Waals surface area contributed by atoms with Crippen LogP contribution < -0.4 is 11.1 Å². The number of likely N-dealkylation sites (tertiary alicyclic amines) is 1. The number of nitrogens with one attached hydrogen (secondary N) is 1. The van der Waals surface area contributed by atoms with Gasteiger partial charge < -0.3 is 16.0 Å². The molecule has 0 aliphatic carbocycles. The van der Waals surface area contributed by atoms with E-state index in [4.69, 9.17) is 5.73 Å².